The van der Waals surface area contributed by atoms with Crippen molar-refractivity contribution >= 4 is 5.91 Å². The minimum atomic E-state index is -0.192. The van der Waals surface area contributed by atoms with Crippen LogP contribution in [-0.2, 0) is 6.42 Å². The van der Waals surface area contributed by atoms with E-state index in [4.69, 9.17) is 4.74 Å². The Kier molecular flexibility index (Phi) is 4.44. The second kappa shape index (κ2) is 6.48. The fourth-order valence-electron chi connectivity index (χ4n) is 1.63. The number of aromatic nitrogens is 4. The van der Waals surface area contributed by atoms with Crippen molar-refractivity contribution in [3.8, 4) is 5.88 Å². The van der Waals surface area contributed by atoms with Crippen LogP contribution in [0.4, 0.5) is 0 Å². The van der Waals surface area contributed by atoms with E-state index < -0.39 is 0 Å². The number of H-pyrrole nitrogens is 1. The fraction of sp³-hybridized carbons (Fsp3) is 0.333. The summed E-state index contributed by atoms with van der Waals surface area (Å²) in [5.74, 6) is 0.950. The third kappa shape index (κ3) is 3.51. The smallest absolute Gasteiger partial charge is 0.256 e. The zero-order valence-electron chi connectivity index (χ0n) is 10.6. The van der Waals surface area contributed by atoms with Crippen molar-refractivity contribution in [1.29, 1.82) is 0 Å². The average molecular weight is 261 g/mol. The Labute approximate surface area is 110 Å². The summed E-state index contributed by atoms with van der Waals surface area (Å²) >= 11 is 0. The zero-order chi connectivity index (χ0) is 13.5. The highest BCUT2D eigenvalue weighted by atomic mass is 16.5. The predicted molar refractivity (Wildman–Crippen MR) is 67.8 cm³/mol. The molecule has 0 spiro atoms. The normalized spacial score (nSPS) is 10.2. The lowest BCUT2D eigenvalue weighted by Crippen LogP contribution is -2.25. The predicted octanol–water partition coefficient (Wildman–Crippen LogP) is 0.571. The van der Waals surface area contributed by atoms with Gasteiger partial charge in [0.15, 0.2) is 0 Å². The van der Waals surface area contributed by atoms with Gasteiger partial charge in [0.2, 0.25) is 5.88 Å². The first kappa shape index (κ1) is 13.0. The molecule has 0 aromatic carbocycles. The number of carbonyl (C=O) groups is 1. The highest BCUT2D eigenvalue weighted by Crippen LogP contribution is 2.12. The van der Waals surface area contributed by atoms with Crippen molar-refractivity contribution in [2.45, 2.75) is 12.8 Å². The molecule has 0 radical (unpaired) electrons. The molecule has 0 aliphatic heterocycles. The van der Waals surface area contributed by atoms with Crippen molar-refractivity contribution in [3.05, 3.63) is 36.0 Å². The molecule has 0 unspecified atom stereocenters. The number of hydrogen-bond acceptors (Lipinski definition) is 5. The molecule has 0 fully saturated rings. The van der Waals surface area contributed by atoms with E-state index in [0.717, 1.165) is 18.7 Å². The number of carbonyl (C=O) groups excluding carboxylic acids is 1. The molecule has 2 aromatic heterocycles. The van der Waals surface area contributed by atoms with E-state index in [1.807, 2.05) is 0 Å². The standard InChI is InChI=1S/C12H15N5O2/c1-19-12-9(4-2-7-14-12)11(18)13-6-3-5-10-15-8-16-17-10/h2,4,7-8H,3,5-6H2,1H3,(H,13,18)(H,15,16,17). The van der Waals surface area contributed by atoms with E-state index in [2.05, 4.69) is 25.5 Å². The molecular formula is C12H15N5O2. The number of methoxy groups -OCH3 is 1. The monoisotopic (exact) mass is 261 g/mol. The van der Waals surface area contributed by atoms with Gasteiger partial charge in [-0.3, -0.25) is 9.89 Å². The lowest BCUT2D eigenvalue weighted by atomic mass is 10.2. The van der Waals surface area contributed by atoms with Gasteiger partial charge in [-0.15, -0.1) is 0 Å². The summed E-state index contributed by atoms with van der Waals surface area (Å²) in [6.45, 7) is 0.553. The van der Waals surface area contributed by atoms with Gasteiger partial charge in [0.05, 0.1) is 7.11 Å². The van der Waals surface area contributed by atoms with Gasteiger partial charge in [0, 0.05) is 19.2 Å². The number of nitrogens with one attached hydrogen (secondary N) is 2. The number of aromatic amines is 1. The largest absolute Gasteiger partial charge is 0.480 e. The Morgan fingerprint density at radius 2 is 2.37 bits per heavy atom. The second-order valence-electron chi connectivity index (χ2n) is 3.85. The number of rotatable bonds is 6. The zero-order valence-corrected chi connectivity index (χ0v) is 10.6. The highest BCUT2D eigenvalue weighted by Gasteiger charge is 2.11. The third-order valence-electron chi connectivity index (χ3n) is 2.55. The topological polar surface area (TPSA) is 92.8 Å². The van der Waals surface area contributed by atoms with E-state index >= 15 is 0 Å². The average Bonchev–Trinajstić information content (AvgIpc) is 2.96. The molecule has 2 N–H and O–H groups in total. The Balaban J connectivity index is 1.81. The second-order valence-corrected chi connectivity index (χ2v) is 3.85. The maximum atomic E-state index is 11.9. The lowest BCUT2D eigenvalue weighted by molar-refractivity contribution is 0.0949. The number of ether oxygens (including phenoxy) is 1. The molecule has 2 rings (SSSR count). The molecule has 2 aromatic rings. The molecule has 7 heteroatoms. The van der Waals surface area contributed by atoms with Crippen LogP contribution in [0.2, 0.25) is 0 Å². The number of pyridine rings is 1. The summed E-state index contributed by atoms with van der Waals surface area (Å²) in [4.78, 5) is 19.9. The van der Waals surface area contributed by atoms with Crippen LogP contribution < -0.4 is 10.1 Å². The first-order chi connectivity index (χ1) is 9.31. The minimum Gasteiger partial charge on any atom is -0.480 e. The Hall–Kier alpha value is -2.44. The minimum absolute atomic E-state index is 0.192. The molecule has 0 saturated heterocycles. The van der Waals surface area contributed by atoms with Gasteiger partial charge >= 0.3 is 0 Å². The van der Waals surface area contributed by atoms with Gasteiger partial charge in [0.1, 0.15) is 17.7 Å². The summed E-state index contributed by atoms with van der Waals surface area (Å²) in [6.07, 6.45) is 4.57. The van der Waals surface area contributed by atoms with E-state index in [9.17, 15) is 4.79 Å². The summed E-state index contributed by atoms with van der Waals surface area (Å²) in [5, 5.41) is 9.34. The molecule has 19 heavy (non-hydrogen) atoms. The SMILES string of the molecule is COc1ncccc1C(=O)NCCCc1ncn[nH]1. The van der Waals surface area contributed by atoms with Gasteiger partial charge in [0.25, 0.3) is 5.91 Å². The van der Waals surface area contributed by atoms with Gasteiger partial charge in [-0.1, -0.05) is 0 Å². The highest BCUT2D eigenvalue weighted by molar-refractivity contribution is 5.96. The van der Waals surface area contributed by atoms with Crippen LogP contribution in [-0.4, -0.2) is 39.7 Å². The van der Waals surface area contributed by atoms with Crippen LogP contribution in [0.25, 0.3) is 0 Å². The summed E-state index contributed by atoms with van der Waals surface area (Å²) < 4.78 is 5.04. The molecule has 1 amide bonds. The van der Waals surface area contributed by atoms with Crippen LogP contribution in [0, 0.1) is 0 Å². The molecular weight excluding hydrogens is 246 g/mol. The van der Waals surface area contributed by atoms with Crippen molar-refractivity contribution in [2.24, 2.45) is 0 Å². The number of nitrogens with zero attached hydrogens (tertiary/aromatic N) is 3. The molecule has 100 valence electrons. The van der Waals surface area contributed by atoms with E-state index in [1.165, 1.54) is 13.4 Å². The maximum Gasteiger partial charge on any atom is 0.256 e. The van der Waals surface area contributed by atoms with Gasteiger partial charge in [-0.25, -0.2) is 9.97 Å². The van der Waals surface area contributed by atoms with Crippen LogP contribution in [0.3, 0.4) is 0 Å². The fourth-order valence-corrected chi connectivity index (χ4v) is 1.63. The number of aryl methyl sites for hydroxylation is 1. The van der Waals surface area contributed by atoms with E-state index in [-0.39, 0.29) is 5.91 Å². The summed E-state index contributed by atoms with van der Waals surface area (Å²) in [7, 11) is 1.49. The molecule has 0 bridgehead atoms. The van der Waals surface area contributed by atoms with Crippen molar-refractivity contribution in [2.75, 3.05) is 13.7 Å². The molecule has 7 nitrogen and oxygen atoms in total. The summed E-state index contributed by atoms with van der Waals surface area (Å²) in [6, 6.07) is 3.38. The van der Waals surface area contributed by atoms with Crippen molar-refractivity contribution in [3.63, 3.8) is 0 Å². The Bertz CT molecular complexity index is 527. The van der Waals surface area contributed by atoms with Gasteiger partial charge < -0.3 is 10.1 Å². The first-order valence-corrected chi connectivity index (χ1v) is 5.92. The van der Waals surface area contributed by atoms with Gasteiger partial charge in [-0.2, -0.15) is 5.10 Å². The van der Waals surface area contributed by atoms with E-state index in [1.54, 1.807) is 18.3 Å². The number of hydrogen-bond donors (Lipinski definition) is 2. The molecule has 0 saturated carbocycles. The Morgan fingerprint density at radius 1 is 1.47 bits per heavy atom. The lowest BCUT2D eigenvalue weighted by Gasteiger charge is -2.07. The quantitative estimate of drug-likeness (QED) is 0.742. The van der Waals surface area contributed by atoms with Crippen LogP contribution in [0.15, 0.2) is 24.7 Å². The maximum absolute atomic E-state index is 11.9. The van der Waals surface area contributed by atoms with Crippen LogP contribution in [0.5, 0.6) is 5.88 Å². The summed E-state index contributed by atoms with van der Waals surface area (Å²) in [5.41, 5.74) is 0.435. The van der Waals surface area contributed by atoms with Crippen molar-refractivity contribution < 1.29 is 9.53 Å². The van der Waals surface area contributed by atoms with Crippen LogP contribution in [0.1, 0.15) is 22.6 Å². The van der Waals surface area contributed by atoms with Crippen LogP contribution >= 0.6 is 0 Å². The molecule has 2 heterocycles. The number of amides is 1. The third-order valence-corrected chi connectivity index (χ3v) is 2.55. The van der Waals surface area contributed by atoms with E-state index in [0.29, 0.717) is 18.0 Å². The van der Waals surface area contributed by atoms with Crippen molar-refractivity contribution in [1.82, 2.24) is 25.5 Å². The van der Waals surface area contributed by atoms with Gasteiger partial charge in [-0.05, 0) is 18.6 Å². The molecule has 0 atom stereocenters. The first-order valence-electron chi connectivity index (χ1n) is 5.92. The molecule has 0 aliphatic rings. The Morgan fingerprint density at radius 3 is 3.11 bits per heavy atom. The molecule has 0 aliphatic carbocycles.